The van der Waals surface area contributed by atoms with Gasteiger partial charge in [0.1, 0.15) is 11.6 Å². The lowest BCUT2D eigenvalue weighted by atomic mass is 10.1. The van der Waals surface area contributed by atoms with Crippen molar-refractivity contribution in [3.63, 3.8) is 0 Å². The van der Waals surface area contributed by atoms with E-state index >= 15 is 0 Å². The number of ether oxygens (including phenoxy) is 1. The van der Waals surface area contributed by atoms with E-state index in [0.29, 0.717) is 13.0 Å². The maximum absolute atomic E-state index is 12.0. The van der Waals surface area contributed by atoms with Gasteiger partial charge in [-0.15, -0.1) is 0 Å². The van der Waals surface area contributed by atoms with Crippen molar-refractivity contribution in [3.8, 4) is 5.75 Å². The highest BCUT2D eigenvalue weighted by molar-refractivity contribution is 5.29. The molecule has 1 aromatic heterocycles. The number of aromatic amines is 1. The number of hydrogen-bond acceptors (Lipinski definition) is 4. The highest BCUT2D eigenvalue weighted by Gasteiger charge is 2.15. The van der Waals surface area contributed by atoms with Gasteiger partial charge < -0.3 is 15.0 Å². The third kappa shape index (κ3) is 2.58. The first-order chi connectivity index (χ1) is 9.76. The van der Waals surface area contributed by atoms with Crippen molar-refractivity contribution in [1.82, 2.24) is 15.3 Å². The molecule has 0 aliphatic carbocycles. The van der Waals surface area contributed by atoms with Crippen LogP contribution in [0.15, 0.2) is 29.1 Å². The molecule has 1 aliphatic rings. The van der Waals surface area contributed by atoms with Crippen molar-refractivity contribution in [2.45, 2.75) is 19.4 Å². The monoisotopic (exact) mass is 271 g/mol. The van der Waals surface area contributed by atoms with Crippen LogP contribution in [0.25, 0.3) is 0 Å². The first kappa shape index (κ1) is 12.9. The van der Waals surface area contributed by atoms with Gasteiger partial charge in [0.05, 0.1) is 18.4 Å². The topological polar surface area (TPSA) is 67.0 Å². The van der Waals surface area contributed by atoms with Gasteiger partial charge in [-0.2, -0.15) is 0 Å². The molecule has 20 heavy (non-hydrogen) atoms. The lowest BCUT2D eigenvalue weighted by Gasteiger charge is -2.15. The van der Waals surface area contributed by atoms with E-state index in [-0.39, 0.29) is 5.56 Å². The van der Waals surface area contributed by atoms with E-state index in [0.717, 1.165) is 41.4 Å². The van der Waals surface area contributed by atoms with Gasteiger partial charge in [-0.1, -0.05) is 12.1 Å². The molecule has 0 bridgehead atoms. The summed E-state index contributed by atoms with van der Waals surface area (Å²) in [4.78, 5) is 19.5. The highest BCUT2D eigenvalue weighted by Crippen LogP contribution is 2.14. The number of nitrogens with one attached hydrogen (secondary N) is 2. The quantitative estimate of drug-likeness (QED) is 0.874. The molecule has 5 nitrogen and oxygen atoms in total. The van der Waals surface area contributed by atoms with Crippen LogP contribution in [0.3, 0.4) is 0 Å². The summed E-state index contributed by atoms with van der Waals surface area (Å²) in [6.07, 6.45) is 1.44. The van der Waals surface area contributed by atoms with E-state index < -0.39 is 0 Å². The molecular weight excluding hydrogens is 254 g/mol. The normalized spacial score (nSPS) is 13.8. The Morgan fingerprint density at radius 1 is 1.30 bits per heavy atom. The van der Waals surface area contributed by atoms with Crippen LogP contribution in [0.2, 0.25) is 0 Å². The molecule has 1 aromatic carbocycles. The molecular formula is C15H17N3O2. The molecule has 0 saturated carbocycles. The summed E-state index contributed by atoms with van der Waals surface area (Å²) in [5.41, 5.74) is 2.78. The molecule has 0 amide bonds. The van der Waals surface area contributed by atoms with Gasteiger partial charge in [-0.05, 0) is 17.7 Å². The van der Waals surface area contributed by atoms with Crippen LogP contribution in [0.5, 0.6) is 5.75 Å². The molecule has 0 saturated heterocycles. The average Bonchev–Trinajstić information content (AvgIpc) is 2.48. The predicted octanol–water partition coefficient (Wildman–Crippen LogP) is 1.01. The van der Waals surface area contributed by atoms with Gasteiger partial charge >= 0.3 is 0 Å². The lowest BCUT2D eigenvalue weighted by Crippen LogP contribution is -2.32. The summed E-state index contributed by atoms with van der Waals surface area (Å²) in [6, 6.07) is 7.80. The van der Waals surface area contributed by atoms with Crippen LogP contribution in [-0.2, 0) is 19.4 Å². The first-order valence-electron chi connectivity index (χ1n) is 6.71. The Balaban J connectivity index is 1.87. The first-order valence-corrected chi connectivity index (χ1v) is 6.71. The lowest BCUT2D eigenvalue weighted by molar-refractivity contribution is 0.414. The molecule has 2 aromatic rings. The Morgan fingerprint density at radius 3 is 2.85 bits per heavy atom. The van der Waals surface area contributed by atoms with Gasteiger partial charge in [0.25, 0.3) is 5.56 Å². The second-order valence-corrected chi connectivity index (χ2v) is 4.89. The van der Waals surface area contributed by atoms with Crippen molar-refractivity contribution in [2.75, 3.05) is 13.7 Å². The molecule has 2 N–H and O–H groups in total. The van der Waals surface area contributed by atoms with Crippen LogP contribution in [0.4, 0.5) is 0 Å². The Morgan fingerprint density at radius 2 is 2.10 bits per heavy atom. The van der Waals surface area contributed by atoms with Gasteiger partial charge in [0, 0.05) is 25.9 Å². The fourth-order valence-electron chi connectivity index (χ4n) is 2.43. The van der Waals surface area contributed by atoms with E-state index in [9.17, 15) is 4.79 Å². The van der Waals surface area contributed by atoms with Crippen LogP contribution < -0.4 is 15.6 Å². The molecule has 104 valence electrons. The molecule has 0 fully saturated rings. The Bertz CT molecular complexity index is 662. The minimum Gasteiger partial charge on any atom is -0.497 e. The summed E-state index contributed by atoms with van der Waals surface area (Å²) in [6.45, 7) is 1.49. The average molecular weight is 271 g/mol. The second-order valence-electron chi connectivity index (χ2n) is 4.89. The van der Waals surface area contributed by atoms with E-state index in [1.807, 2.05) is 24.3 Å². The number of hydrogen-bond donors (Lipinski definition) is 2. The van der Waals surface area contributed by atoms with Crippen molar-refractivity contribution in [3.05, 3.63) is 57.3 Å². The van der Waals surface area contributed by atoms with Crippen LogP contribution in [0, 0.1) is 0 Å². The third-order valence-corrected chi connectivity index (χ3v) is 3.52. The zero-order chi connectivity index (χ0) is 13.9. The maximum atomic E-state index is 12.0. The summed E-state index contributed by atoms with van der Waals surface area (Å²) in [5.74, 6) is 1.55. The fourth-order valence-corrected chi connectivity index (χ4v) is 2.43. The van der Waals surface area contributed by atoms with Crippen LogP contribution >= 0.6 is 0 Å². The number of rotatable bonds is 3. The van der Waals surface area contributed by atoms with Crippen molar-refractivity contribution in [2.24, 2.45) is 0 Å². The summed E-state index contributed by atoms with van der Waals surface area (Å²) in [7, 11) is 1.64. The Kier molecular flexibility index (Phi) is 3.52. The van der Waals surface area contributed by atoms with E-state index in [1.54, 1.807) is 7.11 Å². The van der Waals surface area contributed by atoms with Gasteiger partial charge in [-0.3, -0.25) is 4.79 Å². The SMILES string of the molecule is COc1ccc(Cc2nc3c(c(=O)[nH]2)CNCC3)cc1. The van der Waals surface area contributed by atoms with Gasteiger partial charge in [0.2, 0.25) is 0 Å². The predicted molar refractivity (Wildman–Crippen MR) is 76.1 cm³/mol. The number of H-pyrrole nitrogens is 1. The Hall–Kier alpha value is -2.14. The number of nitrogens with zero attached hydrogens (tertiary/aromatic N) is 1. The molecule has 2 heterocycles. The van der Waals surface area contributed by atoms with Crippen molar-refractivity contribution >= 4 is 0 Å². The van der Waals surface area contributed by atoms with E-state index in [4.69, 9.17) is 4.74 Å². The minimum atomic E-state index is -0.0225. The smallest absolute Gasteiger partial charge is 0.255 e. The summed E-state index contributed by atoms with van der Waals surface area (Å²) < 4.78 is 5.13. The standard InChI is InChI=1S/C15H17N3O2/c1-20-11-4-2-10(3-5-11)8-14-17-13-6-7-16-9-12(13)15(19)18-14/h2-5,16H,6-9H2,1H3,(H,17,18,19). The molecule has 3 rings (SSSR count). The molecule has 0 radical (unpaired) electrons. The maximum Gasteiger partial charge on any atom is 0.255 e. The number of benzene rings is 1. The van der Waals surface area contributed by atoms with Crippen molar-refractivity contribution < 1.29 is 4.74 Å². The van der Waals surface area contributed by atoms with Crippen molar-refractivity contribution in [1.29, 1.82) is 0 Å². The zero-order valence-corrected chi connectivity index (χ0v) is 11.4. The molecule has 5 heteroatoms. The third-order valence-electron chi connectivity index (χ3n) is 3.52. The minimum absolute atomic E-state index is 0.0225. The van der Waals surface area contributed by atoms with Crippen LogP contribution in [-0.4, -0.2) is 23.6 Å². The Labute approximate surface area is 117 Å². The van der Waals surface area contributed by atoms with E-state index in [1.165, 1.54) is 0 Å². The highest BCUT2D eigenvalue weighted by atomic mass is 16.5. The second kappa shape index (κ2) is 5.46. The zero-order valence-electron chi connectivity index (χ0n) is 11.4. The summed E-state index contributed by atoms with van der Waals surface area (Å²) >= 11 is 0. The number of methoxy groups -OCH3 is 1. The van der Waals surface area contributed by atoms with E-state index in [2.05, 4.69) is 15.3 Å². The number of aromatic nitrogens is 2. The molecule has 0 unspecified atom stereocenters. The fraction of sp³-hybridized carbons (Fsp3) is 0.333. The molecule has 0 spiro atoms. The van der Waals surface area contributed by atoms with Gasteiger partial charge in [-0.25, -0.2) is 4.98 Å². The van der Waals surface area contributed by atoms with Crippen LogP contribution in [0.1, 0.15) is 22.6 Å². The summed E-state index contributed by atoms with van der Waals surface area (Å²) in [5, 5.41) is 3.19. The van der Waals surface area contributed by atoms with Gasteiger partial charge in [0.15, 0.2) is 0 Å². The largest absolute Gasteiger partial charge is 0.497 e. The molecule has 1 aliphatic heterocycles. The number of fused-ring (bicyclic) bond motifs is 1. The molecule has 0 atom stereocenters.